The average Bonchev–Trinajstić information content (AvgIpc) is 3.55. The summed E-state index contributed by atoms with van der Waals surface area (Å²) in [6.07, 6.45) is 5.76. The fourth-order valence-corrected chi connectivity index (χ4v) is 4.99. The van der Waals surface area contributed by atoms with Gasteiger partial charge in [-0.1, -0.05) is 0 Å². The van der Waals surface area contributed by atoms with Crippen LogP contribution in [0.25, 0.3) is 28.1 Å². The van der Waals surface area contributed by atoms with Gasteiger partial charge in [-0.2, -0.15) is 16.4 Å². The van der Waals surface area contributed by atoms with E-state index in [0.717, 1.165) is 53.7 Å². The van der Waals surface area contributed by atoms with Crippen LogP contribution >= 0.6 is 11.3 Å². The van der Waals surface area contributed by atoms with Crippen molar-refractivity contribution in [2.24, 2.45) is 0 Å². The predicted molar refractivity (Wildman–Crippen MR) is 127 cm³/mol. The second-order valence-electron chi connectivity index (χ2n) is 8.11. The zero-order chi connectivity index (χ0) is 22.9. The van der Waals surface area contributed by atoms with Crippen LogP contribution in [0.15, 0.2) is 41.4 Å². The summed E-state index contributed by atoms with van der Waals surface area (Å²) in [5, 5.41) is 9.57. The number of methoxy groups -OCH3 is 2. The van der Waals surface area contributed by atoms with Crippen LogP contribution in [0, 0.1) is 0 Å². The number of benzene rings is 1. The van der Waals surface area contributed by atoms with Crippen molar-refractivity contribution in [3.05, 3.63) is 46.9 Å². The van der Waals surface area contributed by atoms with Gasteiger partial charge in [-0.25, -0.2) is 14.6 Å². The molecule has 5 rings (SSSR count). The van der Waals surface area contributed by atoms with Crippen LogP contribution in [-0.2, 0) is 4.79 Å². The maximum Gasteiger partial charge on any atom is 0.251 e. The van der Waals surface area contributed by atoms with Gasteiger partial charge in [-0.05, 0) is 41.8 Å². The summed E-state index contributed by atoms with van der Waals surface area (Å²) in [7, 11) is 3.23. The topological polar surface area (TPSA) is 82.4 Å². The Labute approximate surface area is 195 Å². The molecule has 0 bridgehead atoms. The number of hydrogen-bond acceptors (Lipinski definition) is 7. The molecule has 1 amide bonds. The average molecular weight is 464 g/mol. The van der Waals surface area contributed by atoms with Gasteiger partial charge in [0.05, 0.1) is 31.6 Å². The van der Waals surface area contributed by atoms with Gasteiger partial charge < -0.3 is 14.4 Å². The number of fused-ring (bicyclic) bond motifs is 1. The minimum absolute atomic E-state index is 0.140. The molecule has 0 unspecified atom stereocenters. The molecular formula is C24H25N5O3S. The molecule has 1 aromatic carbocycles. The lowest BCUT2D eigenvalue weighted by atomic mass is 9.91. The molecule has 0 spiro atoms. The molecule has 0 saturated carbocycles. The van der Waals surface area contributed by atoms with Crippen LogP contribution in [-0.4, -0.2) is 57.9 Å². The van der Waals surface area contributed by atoms with Crippen LogP contribution in [0.5, 0.6) is 11.5 Å². The predicted octanol–water partition coefficient (Wildman–Crippen LogP) is 4.29. The number of nitrogens with zero attached hydrogens (tertiary/aromatic N) is 5. The number of rotatable bonds is 5. The molecule has 3 aromatic heterocycles. The van der Waals surface area contributed by atoms with Crippen molar-refractivity contribution in [2.75, 3.05) is 27.3 Å². The van der Waals surface area contributed by atoms with Crippen LogP contribution in [0.4, 0.5) is 0 Å². The highest BCUT2D eigenvalue weighted by molar-refractivity contribution is 7.08. The number of carbonyl (C=O) groups is 1. The molecule has 170 valence electrons. The van der Waals surface area contributed by atoms with E-state index in [0.29, 0.717) is 23.4 Å². The first-order valence-electron chi connectivity index (χ1n) is 10.8. The quantitative estimate of drug-likeness (QED) is 0.439. The number of likely N-dealkylation sites (tertiary alicyclic amines) is 1. The molecule has 1 aliphatic heterocycles. The van der Waals surface area contributed by atoms with Gasteiger partial charge in [0, 0.05) is 48.6 Å². The summed E-state index contributed by atoms with van der Waals surface area (Å²) in [6, 6.07) is 5.84. The maximum atomic E-state index is 11.6. The van der Waals surface area contributed by atoms with E-state index in [2.05, 4.69) is 10.5 Å². The van der Waals surface area contributed by atoms with E-state index >= 15 is 0 Å². The Balaban J connectivity index is 1.54. The van der Waals surface area contributed by atoms with Gasteiger partial charge in [0.2, 0.25) is 5.91 Å². The lowest BCUT2D eigenvalue weighted by molar-refractivity contribution is -0.129. The molecule has 4 aromatic rings. The minimum atomic E-state index is 0.140. The Bertz CT molecular complexity index is 1290. The molecule has 0 radical (unpaired) electrons. The summed E-state index contributed by atoms with van der Waals surface area (Å²) in [5.74, 6) is 2.26. The molecule has 1 fully saturated rings. The monoisotopic (exact) mass is 463 g/mol. The van der Waals surface area contributed by atoms with Crippen molar-refractivity contribution in [3.63, 3.8) is 0 Å². The number of hydrogen-bond donors (Lipinski definition) is 0. The first kappa shape index (κ1) is 21.4. The Morgan fingerprint density at radius 2 is 1.88 bits per heavy atom. The molecule has 33 heavy (non-hydrogen) atoms. The van der Waals surface area contributed by atoms with Gasteiger partial charge in [0.25, 0.3) is 5.95 Å². The SMILES string of the molecule is COc1cc2nc(-n3cc(C4CCN(C(C)=O)CC4)cn3)nc(-c3ccsc3)c2cc1OC. The maximum absolute atomic E-state index is 11.6. The van der Waals surface area contributed by atoms with Gasteiger partial charge >= 0.3 is 0 Å². The summed E-state index contributed by atoms with van der Waals surface area (Å²) in [5.41, 5.74) is 3.74. The molecule has 8 nitrogen and oxygen atoms in total. The molecule has 0 atom stereocenters. The lowest BCUT2D eigenvalue weighted by Gasteiger charge is -2.30. The van der Waals surface area contributed by atoms with Crippen molar-refractivity contribution in [2.45, 2.75) is 25.7 Å². The fourth-order valence-electron chi connectivity index (χ4n) is 4.35. The number of piperidine rings is 1. The van der Waals surface area contributed by atoms with E-state index in [-0.39, 0.29) is 5.91 Å². The van der Waals surface area contributed by atoms with Gasteiger partial charge in [-0.3, -0.25) is 4.79 Å². The first-order valence-corrected chi connectivity index (χ1v) is 11.8. The van der Waals surface area contributed by atoms with Crippen molar-refractivity contribution in [1.82, 2.24) is 24.6 Å². The van der Waals surface area contributed by atoms with Crippen molar-refractivity contribution >= 4 is 28.1 Å². The van der Waals surface area contributed by atoms with Crippen LogP contribution in [0.1, 0.15) is 31.2 Å². The fraction of sp³-hybridized carbons (Fsp3) is 0.333. The molecule has 1 aliphatic rings. The molecular weight excluding hydrogens is 438 g/mol. The normalized spacial score (nSPS) is 14.6. The van der Waals surface area contributed by atoms with E-state index < -0.39 is 0 Å². The third kappa shape index (κ3) is 4.04. The number of aromatic nitrogens is 4. The zero-order valence-corrected chi connectivity index (χ0v) is 19.6. The molecule has 0 aliphatic carbocycles. The van der Waals surface area contributed by atoms with Gasteiger partial charge in [-0.15, -0.1) is 0 Å². The third-order valence-electron chi connectivity index (χ3n) is 6.20. The number of carbonyl (C=O) groups excluding carboxylic acids is 1. The van der Waals surface area contributed by atoms with E-state index in [1.54, 1.807) is 37.2 Å². The number of amides is 1. The van der Waals surface area contributed by atoms with Crippen LogP contribution < -0.4 is 9.47 Å². The Hall–Kier alpha value is -3.46. The molecule has 4 heterocycles. The van der Waals surface area contributed by atoms with Crippen molar-refractivity contribution in [3.8, 4) is 28.7 Å². The Morgan fingerprint density at radius 3 is 2.55 bits per heavy atom. The zero-order valence-electron chi connectivity index (χ0n) is 18.8. The summed E-state index contributed by atoms with van der Waals surface area (Å²) in [4.78, 5) is 23.2. The highest BCUT2D eigenvalue weighted by Gasteiger charge is 2.24. The van der Waals surface area contributed by atoms with Crippen LogP contribution in [0.3, 0.4) is 0 Å². The second kappa shape index (κ2) is 8.82. The standard InChI is InChI=1S/C24H25N5O3S/c1-15(30)28-7-4-16(5-8-28)18-12-25-29(13-18)24-26-20-11-22(32-3)21(31-2)10-19(20)23(27-24)17-6-9-33-14-17/h6,9-14,16H,4-5,7-8H2,1-3H3. The molecule has 1 saturated heterocycles. The van der Waals surface area contributed by atoms with E-state index in [4.69, 9.17) is 19.4 Å². The van der Waals surface area contributed by atoms with Crippen molar-refractivity contribution in [1.29, 1.82) is 0 Å². The smallest absolute Gasteiger partial charge is 0.251 e. The Morgan fingerprint density at radius 1 is 1.12 bits per heavy atom. The minimum Gasteiger partial charge on any atom is -0.493 e. The summed E-state index contributed by atoms with van der Waals surface area (Å²) < 4.78 is 12.7. The highest BCUT2D eigenvalue weighted by atomic mass is 32.1. The highest BCUT2D eigenvalue weighted by Crippen LogP contribution is 2.36. The van der Waals surface area contributed by atoms with E-state index in [1.807, 2.05) is 40.9 Å². The largest absolute Gasteiger partial charge is 0.493 e. The first-order chi connectivity index (χ1) is 16.1. The van der Waals surface area contributed by atoms with Gasteiger partial charge in [0.1, 0.15) is 0 Å². The number of ether oxygens (including phenoxy) is 2. The summed E-state index contributed by atoms with van der Waals surface area (Å²) in [6.45, 7) is 3.19. The lowest BCUT2D eigenvalue weighted by Crippen LogP contribution is -2.36. The second-order valence-corrected chi connectivity index (χ2v) is 8.89. The number of thiophene rings is 1. The third-order valence-corrected chi connectivity index (χ3v) is 6.89. The van der Waals surface area contributed by atoms with E-state index in [1.165, 1.54) is 0 Å². The molecule has 0 N–H and O–H groups in total. The van der Waals surface area contributed by atoms with Gasteiger partial charge in [0.15, 0.2) is 11.5 Å². The summed E-state index contributed by atoms with van der Waals surface area (Å²) >= 11 is 1.62. The van der Waals surface area contributed by atoms with Crippen molar-refractivity contribution < 1.29 is 14.3 Å². The Kier molecular flexibility index (Phi) is 5.72. The van der Waals surface area contributed by atoms with Crippen LogP contribution in [0.2, 0.25) is 0 Å². The van der Waals surface area contributed by atoms with E-state index in [9.17, 15) is 4.79 Å². The molecule has 9 heteroatoms.